The molecular formula is C13H19N3O2. The van der Waals surface area contributed by atoms with Crippen LogP contribution in [0, 0.1) is 5.41 Å². The fraction of sp³-hybridized carbons (Fsp3) is 0.385. The van der Waals surface area contributed by atoms with E-state index < -0.39 is 11.3 Å². The van der Waals surface area contributed by atoms with Crippen molar-refractivity contribution < 1.29 is 9.59 Å². The largest absolute Gasteiger partial charge is 0.387 e. The molecule has 18 heavy (non-hydrogen) atoms. The molecule has 1 aromatic rings. The van der Waals surface area contributed by atoms with Gasteiger partial charge in [-0.2, -0.15) is 0 Å². The third-order valence-corrected chi connectivity index (χ3v) is 2.80. The maximum atomic E-state index is 12.0. The first-order chi connectivity index (χ1) is 8.38. The number of para-hydroxylation sites is 1. The molecule has 0 saturated carbocycles. The molecule has 98 valence electrons. The van der Waals surface area contributed by atoms with E-state index in [-0.39, 0.29) is 12.5 Å². The van der Waals surface area contributed by atoms with Crippen molar-refractivity contribution >= 4 is 17.5 Å². The van der Waals surface area contributed by atoms with Crippen LogP contribution in [0.5, 0.6) is 0 Å². The van der Waals surface area contributed by atoms with Crippen LogP contribution in [0.2, 0.25) is 0 Å². The molecule has 0 aliphatic heterocycles. The Morgan fingerprint density at radius 3 is 2.44 bits per heavy atom. The first kappa shape index (κ1) is 14.0. The van der Waals surface area contributed by atoms with Gasteiger partial charge in [-0.05, 0) is 26.0 Å². The molecule has 0 aliphatic carbocycles. The van der Waals surface area contributed by atoms with Crippen LogP contribution in [0.4, 0.5) is 5.69 Å². The van der Waals surface area contributed by atoms with E-state index in [0.717, 1.165) is 5.69 Å². The lowest BCUT2D eigenvalue weighted by molar-refractivity contribution is -0.125. The van der Waals surface area contributed by atoms with E-state index >= 15 is 0 Å². The summed E-state index contributed by atoms with van der Waals surface area (Å²) in [4.78, 5) is 23.1. The molecule has 1 aromatic carbocycles. The van der Waals surface area contributed by atoms with Gasteiger partial charge in [-0.15, -0.1) is 0 Å². The highest BCUT2D eigenvalue weighted by Gasteiger charge is 2.25. The molecule has 5 heteroatoms. The van der Waals surface area contributed by atoms with Crippen molar-refractivity contribution in [3.05, 3.63) is 29.8 Å². The lowest BCUT2D eigenvalue weighted by Gasteiger charge is -2.21. The number of primary amides is 1. The van der Waals surface area contributed by atoms with E-state index in [4.69, 9.17) is 5.73 Å². The summed E-state index contributed by atoms with van der Waals surface area (Å²) in [6.45, 7) is 3.60. The SMILES string of the molecule is CNc1ccccc1C(=O)NCC(C)(C)C(N)=O. The van der Waals surface area contributed by atoms with E-state index in [1.165, 1.54) is 0 Å². The maximum Gasteiger partial charge on any atom is 0.253 e. The predicted molar refractivity (Wildman–Crippen MR) is 71.3 cm³/mol. The Morgan fingerprint density at radius 1 is 1.28 bits per heavy atom. The average Bonchev–Trinajstić information content (AvgIpc) is 2.35. The van der Waals surface area contributed by atoms with Crippen LogP contribution < -0.4 is 16.4 Å². The van der Waals surface area contributed by atoms with Gasteiger partial charge >= 0.3 is 0 Å². The smallest absolute Gasteiger partial charge is 0.253 e. The van der Waals surface area contributed by atoms with Gasteiger partial charge in [0, 0.05) is 19.3 Å². The number of nitrogens with two attached hydrogens (primary N) is 1. The zero-order chi connectivity index (χ0) is 13.8. The van der Waals surface area contributed by atoms with Crippen molar-refractivity contribution in [2.24, 2.45) is 11.1 Å². The number of hydrogen-bond acceptors (Lipinski definition) is 3. The lowest BCUT2D eigenvalue weighted by atomic mass is 9.92. The van der Waals surface area contributed by atoms with Crippen LogP contribution in [-0.2, 0) is 4.79 Å². The predicted octanol–water partition coefficient (Wildman–Crippen LogP) is 0.970. The molecule has 0 heterocycles. The van der Waals surface area contributed by atoms with E-state index in [1.54, 1.807) is 33.0 Å². The van der Waals surface area contributed by atoms with E-state index in [9.17, 15) is 9.59 Å². The molecule has 0 atom stereocenters. The number of nitrogens with one attached hydrogen (secondary N) is 2. The molecule has 0 aliphatic rings. The van der Waals surface area contributed by atoms with Crippen molar-refractivity contribution in [2.75, 3.05) is 18.9 Å². The van der Waals surface area contributed by atoms with Crippen molar-refractivity contribution in [3.63, 3.8) is 0 Å². The fourth-order valence-corrected chi connectivity index (χ4v) is 1.38. The molecule has 0 spiro atoms. The molecule has 5 nitrogen and oxygen atoms in total. The second-order valence-corrected chi connectivity index (χ2v) is 4.73. The van der Waals surface area contributed by atoms with Gasteiger partial charge in [0.25, 0.3) is 5.91 Å². The highest BCUT2D eigenvalue weighted by Crippen LogP contribution is 2.16. The third-order valence-electron chi connectivity index (χ3n) is 2.80. The second-order valence-electron chi connectivity index (χ2n) is 4.73. The fourth-order valence-electron chi connectivity index (χ4n) is 1.38. The van der Waals surface area contributed by atoms with Crippen molar-refractivity contribution in [2.45, 2.75) is 13.8 Å². The Labute approximate surface area is 107 Å². The summed E-state index contributed by atoms with van der Waals surface area (Å²) in [6, 6.07) is 7.16. The summed E-state index contributed by atoms with van der Waals surface area (Å²) < 4.78 is 0. The molecule has 0 fully saturated rings. The van der Waals surface area contributed by atoms with Gasteiger partial charge in [0.1, 0.15) is 0 Å². The Balaban J connectivity index is 2.75. The van der Waals surface area contributed by atoms with Crippen LogP contribution in [0.25, 0.3) is 0 Å². The molecule has 0 radical (unpaired) electrons. The first-order valence-electron chi connectivity index (χ1n) is 5.73. The summed E-state index contributed by atoms with van der Waals surface area (Å²) >= 11 is 0. The van der Waals surface area contributed by atoms with Gasteiger partial charge in [-0.25, -0.2) is 0 Å². The molecule has 0 aromatic heterocycles. The van der Waals surface area contributed by atoms with Crippen LogP contribution in [0.3, 0.4) is 0 Å². The average molecular weight is 249 g/mol. The van der Waals surface area contributed by atoms with Gasteiger partial charge < -0.3 is 16.4 Å². The van der Waals surface area contributed by atoms with Gasteiger partial charge in [-0.1, -0.05) is 12.1 Å². The number of anilines is 1. The molecule has 4 N–H and O–H groups in total. The minimum atomic E-state index is -0.760. The quantitative estimate of drug-likeness (QED) is 0.727. The Hall–Kier alpha value is -2.04. The zero-order valence-corrected chi connectivity index (χ0v) is 10.9. The first-order valence-corrected chi connectivity index (χ1v) is 5.73. The second kappa shape index (κ2) is 5.53. The molecule has 1 rings (SSSR count). The standard InChI is InChI=1S/C13H19N3O2/c1-13(2,12(14)18)8-16-11(17)9-6-4-5-7-10(9)15-3/h4-7,15H,8H2,1-3H3,(H2,14,18)(H,16,17). The minimum Gasteiger partial charge on any atom is -0.387 e. The Morgan fingerprint density at radius 2 is 1.89 bits per heavy atom. The van der Waals surface area contributed by atoms with Crippen LogP contribution in [0.1, 0.15) is 24.2 Å². The van der Waals surface area contributed by atoms with E-state index in [1.807, 2.05) is 12.1 Å². The van der Waals surface area contributed by atoms with Crippen molar-refractivity contribution in [1.82, 2.24) is 5.32 Å². The van der Waals surface area contributed by atoms with Crippen molar-refractivity contribution in [1.29, 1.82) is 0 Å². The highest BCUT2D eigenvalue weighted by molar-refractivity contribution is 5.99. The molecular weight excluding hydrogens is 230 g/mol. The van der Waals surface area contributed by atoms with Crippen LogP contribution in [0.15, 0.2) is 24.3 Å². The van der Waals surface area contributed by atoms with Crippen LogP contribution >= 0.6 is 0 Å². The number of hydrogen-bond donors (Lipinski definition) is 3. The van der Waals surface area contributed by atoms with Crippen molar-refractivity contribution in [3.8, 4) is 0 Å². The minimum absolute atomic E-state index is 0.208. The van der Waals surface area contributed by atoms with Gasteiger partial charge in [0.15, 0.2) is 0 Å². The van der Waals surface area contributed by atoms with Gasteiger partial charge in [-0.3, -0.25) is 9.59 Å². The van der Waals surface area contributed by atoms with Gasteiger partial charge in [0.05, 0.1) is 11.0 Å². The molecule has 0 bridgehead atoms. The molecule has 2 amide bonds. The van der Waals surface area contributed by atoms with Crippen LogP contribution in [-0.4, -0.2) is 25.4 Å². The third kappa shape index (κ3) is 3.23. The monoisotopic (exact) mass is 249 g/mol. The Kier molecular flexibility index (Phi) is 4.31. The van der Waals surface area contributed by atoms with E-state index in [0.29, 0.717) is 5.56 Å². The summed E-state index contributed by atoms with van der Waals surface area (Å²) in [5.41, 5.74) is 5.77. The number of carbonyl (C=O) groups is 2. The lowest BCUT2D eigenvalue weighted by Crippen LogP contribution is -2.42. The zero-order valence-electron chi connectivity index (χ0n) is 10.9. The maximum absolute atomic E-state index is 12.0. The van der Waals surface area contributed by atoms with Gasteiger partial charge in [0.2, 0.25) is 5.91 Å². The number of rotatable bonds is 5. The number of carbonyl (C=O) groups excluding carboxylic acids is 2. The Bertz CT molecular complexity index is 455. The topological polar surface area (TPSA) is 84.2 Å². The normalized spacial score (nSPS) is 10.8. The van der Waals surface area contributed by atoms with E-state index in [2.05, 4.69) is 10.6 Å². The number of benzene rings is 1. The highest BCUT2D eigenvalue weighted by atomic mass is 16.2. The molecule has 0 saturated heterocycles. The summed E-state index contributed by atoms with van der Waals surface area (Å²) in [5, 5.41) is 5.66. The molecule has 0 unspecified atom stereocenters. The summed E-state index contributed by atoms with van der Waals surface area (Å²) in [7, 11) is 1.75. The summed E-state index contributed by atoms with van der Waals surface area (Å²) in [5.74, 6) is -0.668. The number of amides is 2. The summed E-state index contributed by atoms with van der Waals surface area (Å²) in [6.07, 6.45) is 0.